The standard InChI is InChI=1S/C27H36N4/c1-22-2-4-25(5-3-22)20-30-14-10-24(11-15-30)19-29-27-12-16-31(17-13-27)21-26-8-6-23(18-28)7-9-26/h2-9,24,27,29H,10-17,19-21H2,1H3. The summed E-state index contributed by atoms with van der Waals surface area (Å²) in [7, 11) is 0. The van der Waals surface area contributed by atoms with Gasteiger partial charge in [0.25, 0.3) is 0 Å². The molecule has 0 aromatic heterocycles. The number of nitriles is 1. The van der Waals surface area contributed by atoms with Crippen molar-refractivity contribution < 1.29 is 0 Å². The highest BCUT2D eigenvalue weighted by Crippen LogP contribution is 2.20. The first kappa shape index (κ1) is 22.0. The summed E-state index contributed by atoms with van der Waals surface area (Å²) in [5.41, 5.74) is 4.83. The summed E-state index contributed by atoms with van der Waals surface area (Å²) in [6, 6.07) is 19.9. The average molecular weight is 417 g/mol. The Bertz CT molecular complexity index is 836. The molecule has 2 heterocycles. The Hall–Kier alpha value is -2.19. The third-order valence-electron chi connectivity index (χ3n) is 7.01. The van der Waals surface area contributed by atoms with E-state index in [9.17, 15) is 0 Å². The van der Waals surface area contributed by atoms with Crippen LogP contribution in [-0.2, 0) is 13.1 Å². The van der Waals surface area contributed by atoms with Gasteiger partial charge in [-0.05, 0) is 94.5 Å². The van der Waals surface area contributed by atoms with Crippen molar-refractivity contribution in [1.29, 1.82) is 5.26 Å². The number of nitrogens with zero attached hydrogens (tertiary/aromatic N) is 3. The van der Waals surface area contributed by atoms with E-state index in [2.05, 4.69) is 64.5 Å². The van der Waals surface area contributed by atoms with Crippen molar-refractivity contribution in [3.05, 3.63) is 70.8 Å². The minimum absolute atomic E-state index is 0.669. The lowest BCUT2D eigenvalue weighted by atomic mass is 9.95. The minimum atomic E-state index is 0.669. The molecule has 0 bridgehead atoms. The number of likely N-dealkylation sites (tertiary alicyclic amines) is 2. The van der Waals surface area contributed by atoms with E-state index in [-0.39, 0.29) is 0 Å². The lowest BCUT2D eigenvalue weighted by Crippen LogP contribution is -2.45. The van der Waals surface area contributed by atoms with Gasteiger partial charge in [-0.1, -0.05) is 42.0 Å². The van der Waals surface area contributed by atoms with E-state index in [0.29, 0.717) is 6.04 Å². The Balaban J connectivity index is 1.11. The molecule has 2 aliphatic rings. The zero-order valence-electron chi connectivity index (χ0n) is 18.9. The van der Waals surface area contributed by atoms with Gasteiger partial charge >= 0.3 is 0 Å². The molecule has 2 fully saturated rings. The molecule has 0 saturated carbocycles. The number of rotatable bonds is 7. The molecule has 4 rings (SSSR count). The molecule has 164 valence electrons. The number of hydrogen-bond acceptors (Lipinski definition) is 4. The van der Waals surface area contributed by atoms with Gasteiger partial charge in [-0.15, -0.1) is 0 Å². The van der Waals surface area contributed by atoms with Gasteiger partial charge in [0, 0.05) is 19.1 Å². The van der Waals surface area contributed by atoms with Crippen LogP contribution >= 0.6 is 0 Å². The van der Waals surface area contributed by atoms with Crippen LogP contribution in [0.4, 0.5) is 0 Å². The van der Waals surface area contributed by atoms with Gasteiger partial charge in [0.2, 0.25) is 0 Å². The fraction of sp³-hybridized carbons (Fsp3) is 0.519. The molecule has 31 heavy (non-hydrogen) atoms. The topological polar surface area (TPSA) is 42.3 Å². The van der Waals surface area contributed by atoms with E-state index in [1.807, 2.05) is 12.1 Å². The molecule has 1 N–H and O–H groups in total. The lowest BCUT2D eigenvalue weighted by molar-refractivity contribution is 0.159. The van der Waals surface area contributed by atoms with Gasteiger partial charge in [0.1, 0.15) is 0 Å². The summed E-state index contributed by atoms with van der Waals surface area (Å²) in [6.45, 7) is 10.2. The fourth-order valence-electron chi connectivity index (χ4n) is 4.87. The first-order chi connectivity index (χ1) is 15.2. The summed E-state index contributed by atoms with van der Waals surface area (Å²) < 4.78 is 0. The molecule has 4 nitrogen and oxygen atoms in total. The molecule has 0 spiro atoms. The second kappa shape index (κ2) is 10.9. The minimum Gasteiger partial charge on any atom is -0.314 e. The molecular weight excluding hydrogens is 380 g/mol. The van der Waals surface area contributed by atoms with Crippen molar-refractivity contribution >= 4 is 0 Å². The number of benzene rings is 2. The third kappa shape index (κ3) is 6.64. The first-order valence-electron chi connectivity index (χ1n) is 11.9. The molecule has 4 heteroatoms. The fourth-order valence-corrected chi connectivity index (χ4v) is 4.87. The smallest absolute Gasteiger partial charge is 0.0991 e. The molecule has 0 radical (unpaired) electrons. The summed E-state index contributed by atoms with van der Waals surface area (Å²) in [5, 5.41) is 12.8. The predicted octanol–water partition coefficient (Wildman–Crippen LogP) is 4.33. The Morgan fingerprint density at radius 2 is 1.32 bits per heavy atom. The Kier molecular flexibility index (Phi) is 7.75. The highest BCUT2D eigenvalue weighted by molar-refractivity contribution is 5.31. The zero-order chi connectivity index (χ0) is 21.5. The van der Waals surface area contributed by atoms with Crippen LogP contribution in [0.5, 0.6) is 0 Å². The molecule has 2 saturated heterocycles. The molecule has 0 unspecified atom stereocenters. The summed E-state index contributed by atoms with van der Waals surface area (Å²) >= 11 is 0. The Morgan fingerprint density at radius 1 is 0.806 bits per heavy atom. The Labute approximate surface area is 187 Å². The molecule has 2 aromatic rings. The summed E-state index contributed by atoms with van der Waals surface area (Å²) in [5.74, 6) is 0.825. The van der Waals surface area contributed by atoms with Crippen molar-refractivity contribution in [2.24, 2.45) is 5.92 Å². The SMILES string of the molecule is Cc1ccc(CN2CCC(CNC3CCN(Cc4ccc(C#N)cc4)CC3)CC2)cc1. The molecule has 2 aromatic carbocycles. The van der Waals surface area contributed by atoms with Crippen LogP contribution in [0.2, 0.25) is 0 Å². The van der Waals surface area contributed by atoms with Crippen molar-refractivity contribution in [3.8, 4) is 6.07 Å². The predicted molar refractivity (Wildman–Crippen MR) is 127 cm³/mol. The van der Waals surface area contributed by atoms with E-state index in [4.69, 9.17) is 5.26 Å². The van der Waals surface area contributed by atoms with Gasteiger partial charge in [-0.3, -0.25) is 9.80 Å². The van der Waals surface area contributed by atoms with Gasteiger partial charge in [-0.25, -0.2) is 0 Å². The second-order valence-corrected chi connectivity index (χ2v) is 9.47. The van der Waals surface area contributed by atoms with Crippen LogP contribution in [0.1, 0.15) is 47.9 Å². The largest absolute Gasteiger partial charge is 0.314 e. The highest BCUT2D eigenvalue weighted by atomic mass is 15.1. The maximum absolute atomic E-state index is 8.94. The highest BCUT2D eigenvalue weighted by Gasteiger charge is 2.22. The number of hydrogen-bond donors (Lipinski definition) is 1. The molecule has 0 atom stereocenters. The zero-order valence-corrected chi connectivity index (χ0v) is 18.9. The van der Waals surface area contributed by atoms with Crippen LogP contribution in [-0.4, -0.2) is 48.6 Å². The van der Waals surface area contributed by atoms with Crippen LogP contribution < -0.4 is 5.32 Å². The van der Waals surface area contributed by atoms with Crippen molar-refractivity contribution in [1.82, 2.24) is 15.1 Å². The molecule has 0 amide bonds. The molecule has 0 aliphatic carbocycles. The maximum Gasteiger partial charge on any atom is 0.0991 e. The third-order valence-corrected chi connectivity index (χ3v) is 7.01. The maximum atomic E-state index is 8.94. The average Bonchev–Trinajstić information content (AvgIpc) is 2.81. The number of nitrogens with one attached hydrogen (secondary N) is 1. The van der Waals surface area contributed by atoms with Crippen LogP contribution in [0.15, 0.2) is 48.5 Å². The van der Waals surface area contributed by atoms with E-state index in [0.717, 1.165) is 37.7 Å². The van der Waals surface area contributed by atoms with Gasteiger partial charge in [-0.2, -0.15) is 5.26 Å². The first-order valence-corrected chi connectivity index (χ1v) is 11.9. The van der Waals surface area contributed by atoms with Crippen molar-refractivity contribution in [2.75, 3.05) is 32.7 Å². The van der Waals surface area contributed by atoms with E-state index < -0.39 is 0 Å². The van der Waals surface area contributed by atoms with Gasteiger partial charge < -0.3 is 5.32 Å². The molecular formula is C27H36N4. The summed E-state index contributed by atoms with van der Waals surface area (Å²) in [6.07, 6.45) is 5.11. The molecule has 2 aliphatic heterocycles. The van der Waals surface area contributed by atoms with Crippen LogP contribution in [0, 0.1) is 24.2 Å². The van der Waals surface area contributed by atoms with Gasteiger partial charge in [0.05, 0.1) is 11.6 Å². The Morgan fingerprint density at radius 3 is 1.87 bits per heavy atom. The quantitative estimate of drug-likeness (QED) is 0.729. The number of aryl methyl sites for hydroxylation is 1. The van der Waals surface area contributed by atoms with E-state index >= 15 is 0 Å². The second-order valence-electron chi connectivity index (χ2n) is 9.47. The van der Waals surface area contributed by atoms with Crippen LogP contribution in [0.25, 0.3) is 0 Å². The number of piperidine rings is 2. The van der Waals surface area contributed by atoms with Gasteiger partial charge in [0.15, 0.2) is 0 Å². The van der Waals surface area contributed by atoms with E-state index in [1.54, 1.807) is 0 Å². The summed E-state index contributed by atoms with van der Waals surface area (Å²) in [4.78, 5) is 5.16. The lowest BCUT2D eigenvalue weighted by Gasteiger charge is -2.35. The van der Waals surface area contributed by atoms with E-state index in [1.165, 1.54) is 62.0 Å². The van der Waals surface area contributed by atoms with Crippen molar-refractivity contribution in [2.45, 2.75) is 51.7 Å². The van der Waals surface area contributed by atoms with Crippen molar-refractivity contribution in [3.63, 3.8) is 0 Å². The normalized spacial score (nSPS) is 19.4. The monoisotopic (exact) mass is 416 g/mol. The van der Waals surface area contributed by atoms with Crippen LogP contribution in [0.3, 0.4) is 0 Å².